The quantitative estimate of drug-likeness (QED) is 0.658. The number of likely N-dealkylation sites (tertiary alicyclic amines) is 1. The van der Waals surface area contributed by atoms with E-state index in [1.807, 2.05) is 29.5 Å². The molecule has 1 aromatic carbocycles. The largest absolute Gasteiger partial charge is 0.355 e. The third kappa shape index (κ3) is 5.70. The monoisotopic (exact) mass is 447 g/mol. The zero-order valence-electron chi connectivity index (χ0n) is 13.8. The highest BCUT2D eigenvalue weighted by atomic mass is 127. The summed E-state index contributed by atoms with van der Waals surface area (Å²) in [7, 11) is 0. The molecule has 0 aromatic heterocycles. The molecule has 2 N–H and O–H groups in total. The SMILES string of the molecule is CCCNC(=O)CN1CCC(NC(=O)c2ccc(F)cc2I)CC1. The topological polar surface area (TPSA) is 61.4 Å². The molecule has 1 aliphatic heterocycles. The Kier molecular flexibility index (Phi) is 7.41. The van der Waals surface area contributed by atoms with Gasteiger partial charge in [0.1, 0.15) is 5.82 Å². The lowest BCUT2D eigenvalue weighted by Gasteiger charge is -2.31. The predicted molar refractivity (Wildman–Crippen MR) is 99.3 cm³/mol. The van der Waals surface area contributed by atoms with Crippen LogP contribution in [0.15, 0.2) is 18.2 Å². The highest BCUT2D eigenvalue weighted by Crippen LogP contribution is 2.16. The summed E-state index contributed by atoms with van der Waals surface area (Å²) in [5.41, 5.74) is 0.498. The molecule has 2 rings (SSSR count). The molecule has 0 aliphatic carbocycles. The molecule has 0 atom stereocenters. The fourth-order valence-corrected chi connectivity index (χ4v) is 3.42. The van der Waals surface area contributed by atoms with E-state index in [1.165, 1.54) is 18.2 Å². The molecule has 0 bridgehead atoms. The van der Waals surface area contributed by atoms with Crippen molar-refractivity contribution in [3.63, 3.8) is 0 Å². The van der Waals surface area contributed by atoms with Crippen LogP contribution in [0, 0.1) is 9.39 Å². The van der Waals surface area contributed by atoms with Gasteiger partial charge in [0.05, 0.1) is 12.1 Å². The van der Waals surface area contributed by atoms with Crippen LogP contribution in [-0.2, 0) is 4.79 Å². The number of nitrogens with zero attached hydrogens (tertiary/aromatic N) is 1. The normalized spacial score (nSPS) is 16.0. The number of benzene rings is 1. The molecule has 1 aliphatic rings. The molecular formula is C17H23FIN3O2. The highest BCUT2D eigenvalue weighted by molar-refractivity contribution is 14.1. The van der Waals surface area contributed by atoms with E-state index >= 15 is 0 Å². The van der Waals surface area contributed by atoms with Crippen LogP contribution < -0.4 is 10.6 Å². The number of carbonyl (C=O) groups excluding carboxylic acids is 2. The number of rotatable bonds is 6. The zero-order valence-corrected chi connectivity index (χ0v) is 15.9. The Morgan fingerprint density at radius 2 is 2.04 bits per heavy atom. The second kappa shape index (κ2) is 9.31. The van der Waals surface area contributed by atoms with E-state index in [-0.39, 0.29) is 23.7 Å². The first-order chi connectivity index (χ1) is 11.5. The van der Waals surface area contributed by atoms with E-state index in [0.717, 1.165) is 32.4 Å². The number of hydrogen-bond donors (Lipinski definition) is 2. The molecule has 1 saturated heterocycles. The Labute approximate surface area is 155 Å². The summed E-state index contributed by atoms with van der Waals surface area (Å²) in [5, 5.41) is 5.88. The maximum atomic E-state index is 13.1. The van der Waals surface area contributed by atoms with Crippen molar-refractivity contribution in [2.75, 3.05) is 26.2 Å². The molecule has 0 spiro atoms. The molecule has 0 saturated carbocycles. The van der Waals surface area contributed by atoms with Crippen LogP contribution >= 0.6 is 22.6 Å². The van der Waals surface area contributed by atoms with Gasteiger partial charge < -0.3 is 10.6 Å². The van der Waals surface area contributed by atoms with Crippen LogP contribution in [0.25, 0.3) is 0 Å². The van der Waals surface area contributed by atoms with Crippen molar-refractivity contribution in [2.45, 2.75) is 32.2 Å². The Morgan fingerprint density at radius 1 is 1.33 bits per heavy atom. The number of nitrogens with one attached hydrogen (secondary N) is 2. The van der Waals surface area contributed by atoms with Gasteiger partial charge in [0.2, 0.25) is 5.91 Å². The Bertz CT molecular complexity index is 589. The zero-order chi connectivity index (χ0) is 17.5. The standard InChI is InChI=1S/C17H23FIN3O2/c1-2-7-20-16(23)11-22-8-5-13(6-9-22)21-17(24)14-4-3-12(18)10-15(14)19/h3-4,10,13H,2,5-9,11H2,1H3,(H,20,23)(H,21,24). The van der Waals surface area contributed by atoms with Crippen molar-refractivity contribution in [2.24, 2.45) is 0 Å². The van der Waals surface area contributed by atoms with Crippen molar-refractivity contribution >= 4 is 34.4 Å². The second-order valence-corrected chi connectivity index (χ2v) is 7.16. The van der Waals surface area contributed by atoms with Crippen LogP contribution in [0.3, 0.4) is 0 Å². The summed E-state index contributed by atoms with van der Waals surface area (Å²) in [5.74, 6) is -0.454. The molecule has 2 amide bonds. The minimum absolute atomic E-state index is 0.0557. The van der Waals surface area contributed by atoms with Gasteiger partial charge in [0, 0.05) is 29.2 Å². The minimum Gasteiger partial charge on any atom is -0.355 e. The highest BCUT2D eigenvalue weighted by Gasteiger charge is 2.23. The first kappa shape index (κ1) is 19.1. The van der Waals surface area contributed by atoms with Crippen molar-refractivity contribution < 1.29 is 14.0 Å². The number of hydrogen-bond acceptors (Lipinski definition) is 3. The third-order valence-corrected chi connectivity index (χ3v) is 4.93. The van der Waals surface area contributed by atoms with E-state index in [4.69, 9.17) is 0 Å². The van der Waals surface area contributed by atoms with E-state index in [9.17, 15) is 14.0 Å². The lowest BCUT2D eigenvalue weighted by Crippen LogP contribution is -2.47. The van der Waals surface area contributed by atoms with Crippen LogP contribution in [0.1, 0.15) is 36.5 Å². The van der Waals surface area contributed by atoms with Gasteiger partial charge in [-0.3, -0.25) is 14.5 Å². The van der Waals surface area contributed by atoms with Crippen LogP contribution in [-0.4, -0.2) is 48.9 Å². The Morgan fingerprint density at radius 3 is 2.67 bits per heavy atom. The number of halogens is 2. The molecule has 24 heavy (non-hydrogen) atoms. The first-order valence-electron chi connectivity index (χ1n) is 8.24. The fraction of sp³-hybridized carbons (Fsp3) is 0.529. The van der Waals surface area contributed by atoms with Gasteiger partial charge in [-0.15, -0.1) is 0 Å². The van der Waals surface area contributed by atoms with E-state index in [0.29, 0.717) is 22.2 Å². The summed E-state index contributed by atoms with van der Waals surface area (Å²) in [6.07, 6.45) is 2.55. The molecule has 1 heterocycles. The van der Waals surface area contributed by atoms with Crippen molar-refractivity contribution in [1.29, 1.82) is 0 Å². The molecule has 1 fully saturated rings. The summed E-state index contributed by atoms with van der Waals surface area (Å²) in [4.78, 5) is 26.1. The molecule has 132 valence electrons. The van der Waals surface area contributed by atoms with E-state index in [1.54, 1.807) is 0 Å². The Balaban J connectivity index is 1.78. The molecule has 0 radical (unpaired) electrons. The van der Waals surface area contributed by atoms with Gasteiger partial charge in [0.25, 0.3) is 5.91 Å². The molecule has 1 aromatic rings. The van der Waals surface area contributed by atoms with E-state index < -0.39 is 0 Å². The third-order valence-electron chi connectivity index (χ3n) is 4.04. The smallest absolute Gasteiger partial charge is 0.252 e. The maximum Gasteiger partial charge on any atom is 0.252 e. The van der Waals surface area contributed by atoms with Crippen molar-refractivity contribution in [3.8, 4) is 0 Å². The van der Waals surface area contributed by atoms with E-state index in [2.05, 4.69) is 15.5 Å². The summed E-state index contributed by atoms with van der Waals surface area (Å²) < 4.78 is 13.7. The average molecular weight is 447 g/mol. The van der Waals surface area contributed by atoms with Gasteiger partial charge in [-0.2, -0.15) is 0 Å². The maximum absolute atomic E-state index is 13.1. The van der Waals surface area contributed by atoms with Crippen LogP contribution in [0.2, 0.25) is 0 Å². The first-order valence-corrected chi connectivity index (χ1v) is 9.32. The number of carbonyl (C=O) groups is 2. The second-order valence-electron chi connectivity index (χ2n) is 6.00. The fourth-order valence-electron chi connectivity index (χ4n) is 2.70. The number of amides is 2. The summed E-state index contributed by atoms with van der Waals surface area (Å²) >= 11 is 1.97. The Hall–Kier alpha value is -1.22. The van der Waals surface area contributed by atoms with Crippen LogP contribution in [0.4, 0.5) is 4.39 Å². The number of piperidine rings is 1. The summed E-state index contributed by atoms with van der Waals surface area (Å²) in [6, 6.07) is 4.26. The van der Waals surface area contributed by atoms with Gasteiger partial charge in [-0.05, 0) is 60.1 Å². The van der Waals surface area contributed by atoms with Crippen molar-refractivity contribution in [1.82, 2.24) is 15.5 Å². The molecule has 5 nitrogen and oxygen atoms in total. The van der Waals surface area contributed by atoms with Crippen LogP contribution in [0.5, 0.6) is 0 Å². The molecule has 7 heteroatoms. The molecule has 0 unspecified atom stereocenters. The minimum atomic E-state index is -0.342. The predicted octanol–water partition coefficient (Wildman–Crippen LogP) is 2.15. The lowest BCUT2D eigenvalue weighted by molar-refractivity contribution is -0.122. The molecular weight excluding hydrogens is 424 g/mol. The van der Waals surface area contributed by atoms with Gasteiger partial charge in [-0.1, -0.05) is 6.92 Å². The van der Waals surface area contributed by atoms with Gasteiger partial charge >= 0.3 is 0 Å². The van der Waals surface area contributed by atoms with Crippen molar-refractivity contribution in [3.05, 3.63) is 33.1 Å². The lowest BCUT2D eigenvalue weighted by atomic mass is 10.0. The summed E-state index contributed by atoms with van der Waals surface area (Å²) in [6.45, 7) is 4.71. The van der Waals surface area contributed by atoms with Gasteiger partial charge in [0.15, 0.2) is 0 Å². The van der Waals surface area contributed by atoms with Gasteiger partial charge in [-0.25, -0.2) is 4.39 Å². The average Bonchev–Trinajstić information content (AvgIpc) is 2.54.